The second kappa shape index (κ2) is 8.24. The lowest BCUT2D eigenvalue weighted by atomic mass is 10.2. The van der Waals surface area contributed by atoms with Gasteiger partial charge in [0.25, 0.3) is 5.91 Å². The molecule has 6 heteroatoms. The Balaban J connectivity index is 1.76. The zero-order valence-corrected chi connectivity index (χ0v) is 16.5. The number of rotatable bonds is 4. The predicted molar refractivity (Wildman–Crippen MR) is 118 cm³/mol. The molecule has 0 bridgehead atoms. The number of thioether (sulfide) groups is 1. The number of para-hydroxylation sites is 2. The zero-order valence-electron chi connectivity index (χ0n) is 15.6. The number of methoxy groups -OCH3 is 1. The maximum absolute atomic E-state index is 13.2. The lowest BCUT2D eigenvalue weighted by Gasteiger charge is -2.15. The lowest BCUT2D eigenvalue weighted by Crippen LogP contribution is -2.28. The topological polar surface area (TPSA) is 62.1 Å². The Morgan fingerprint density at radius 2 is 1.69 bits per heavy atom. The molecule has 0 saturated carbocycles. The number of carbonyl (C=O) groups excluding carboxylic acids is 1. The summed E-state index contributed by atoms with van der Waals surface area (Å²) < 4.78 is 5.16. The predicted octanol–water partition coefficient (Wildman–Crippen LogP) is 5.21. The van der Waals surface area contributed by atoms with Crippen LogP contribution in [0.5, 0.6) is 11.5 Å². The number of phenols is 1. The molecular weight excluding hydrogens is 384 g/mol. The Labute approximate surface area is 173 Å². The molecule has 0 spiro atoms. The van der Waals surface area contributed by atoms with Gasteiger partial charge in [0.15, 0.2) is 16.7 Å². The van der Waals surface area contributed by atoms with Crippen LogP contribution < -0.4 is 9.64 Å². The Morgan fingerprint density at radius 1 is 1.00 bits per heavy atom. The Kier molecular flexibility index (Phi) is 5.35. The fourth-order valence-corrected chi connectivity index (χ4v) is 3.90. The highest BCUT2D eigenvalue weighted by Crippen LogP contribution is 2.38. The molecule has 0 aliphatic carbocycles. The molecule has 0 aromatic heterocycles. The minimum absolute atomic E-state index is 0.0530. The smallest absolute Gasteiger partial charge is 0.271 e. The van der Waals surface area contributed by atoms with Gasteiger partial charge < -0.3 is 9.84 Å². The summed E-state index contributed by atoms with van der Waals surface area (Å²) in [7, 11) is 1.49. The summed E-state index contributed by atoms with van der Waals surface area (Å²) in [5, 5.41) is 10.4. The third kappa shape index (κ3) is 4.02. The molecule has 1 aliphatic rings. The first kappa shape index (κ1) is 18.8. The van der Waals surface area contributed by atoms with E-state index in [1.54, 1.807) is 29.2 Å². The molecule has 29 heavy (non-hydrogen) atoms. The van der Waals surface area contributed by atoms with Gasteiger partial charge in [0.05, 0.1) is 23.4 Å². The van der Waals surface area contributed by atoms with Crippen molar-refractivity contribution in [3.8, 4) is 11.5 Å². The highest BCUT2D eigenvalue weighted by molar-refractivity contribution is 8.19. The van der Waals surface area contributed by atoms with Crippen molar-refractivity contribution in [2.24, 2.45) is 4.99 Å². The molecule has 5 nitrogen and oxygen atoms in total. The molecule has 0 radical (unpaired) electrons. The third-order valence-electron chi connectivity index (χ3n) is 4.30. The van der Waals surface area contributed by atoms with Crippen molar-refractivity contribution in [1.29, 1.82) is 0 Å². The van der Waals surface area contributed by atoms with Crippen molar-refractivity contribution in [2.45, 2.75) is 0 Å². The number of amides is 1. The van der Waals surface area contributed by atoms with E-state index < -0.39 is 0 Å². The van der Waals surface area contributed by atoms with Crippen LogP contribution in [0.2, 0.25) is 0 Å². The van der Waals surface area contributed by atoms with Crippen LogP contribution in [0.1, 0.15) is 5.56 Å². The van der Waals surface area contributed by atoms with Crippen molar-refractivity contribution >= 4 is 40.3 Å². The number of aliphatic imine (C=N–C) groups is 1. The molecule has 4 rings (SSSR count). The molecule has 144 valence electrons. The number of carbonyl (C=O) groups is 1. The fourth-order valence-electron chi connectivity index (χ4n) is 2.90. The number of hydrogen-bond donors (Lipinski definition) is 1. The maximum atomic E-state index is 13.2. The minimum atomic E-state index is -0.150. The second-order valence-electron chi connectivity index (χ2n) is 6.25. The first-order valence-electron chi connectivity index (χ1n) is 8.95. The van der Waals surface area contributed by atoms with Crippen molar-refractivity contribution in [3.05, 3.63) is 89.3 Å². The van der Waals surface area contributed by atoms with Crippen LogP contribution in [-0.4, -0.2) is 23.3 Å². The fraction of sp³-hybridized carbons (Fsp3) is 0.0435. The number of amidine groups is 1. The van der Waals surface area contributed by atoms with E-state index in [0.717, 1.165) is 16.9 Å². The number of phenolic OH excluding ortho intramolecular Hbond substituents is 1. The number of aromatic hydroxyl groups is 1. The summed E-state index contributed by atoms with van der Waals surface area (Å²) in [5.74, 6) is 0.258. The van der Waals surface area contributed by atoms with Crippen LogP contribution in [0.3, 0.4) is 0 Å². The van der Waals surface area contributed by atoms with E-state index in [4.69, 9.17) is 4.74 Å². The quantitative estimate of drug-likeness (QED) is 0.609. The number of hydrogen-bond acceptors (Lipinski definition) is 5. The van der Waals surface area contributed by atoms with Gasteiger partial charge in [0.2, 0.25) is 0 Å². The highest BCUT2D eigenvalue weighted by atomic mass is 32.2. The van der Waals surface area contributed by atoms with Crippen LogP contribution in [0.4, 0.5) is 11.4 Å². The summed E-state index contributed by atoms with van der Waals surface area (Å²) in [5.41, 5.74) is 2.28. The van der Waals surface area contributed by atoms with Crippen LogP contribution in [0.25, 0.3) is 6.08 Å². The van der Waals surface area contributed by atoms with Crippen molar-refractivity contribution in [2.75, 3.05) is 12.0 Å². The van der Waals surface area contributed by atoms with E-state index in [9.17, 15) is 9.90 Å². The van der Waals surface area contributed by atoms with Gasteiger partial charge in [-0.25, -0.2) is 4.99 Å². The molecule has 0 atom stereocenters. The average molecular weight is 402 g/mol. The van der Waals surface area contributed by atoms with Crippen LogP contribution in [0, 0.1) is 0 Å². The Morgan fingerprint density at radius 3 is 2.38 bits per heavy atom. The molecular formula is C23H18N2O3S. The van der Waals surface area contributed by atoms with E-state index in [-0.39, 0.29) is 11.7 Å². The monoisotopic (exact) mass is 402 g/mol. The van der Waals surface area contributed by atoms with Gasteiger partial charge >= 0.3 is 0 Å². The van der Waals surface area contributed by atoms with Gasteiger partial charge in [-0.1, -0.05) is 42.5 Å². The standard InChI is InChI=1S/C23H18N2O3S/c1-28-20-14-16(12-13-19(20)26)15-21-22(27)25(18-10-6-3-7-11-18)23(29-21)24-17-8-4-2-5-9-17/h2-15,26H,1H3. The van der Waals surface area contributed by atoms with Gasteiger partial charge in [-0.3, -0.25) is 9.69 Å². The van der Waals surface area contributed by atoms with Gasteiger partial charge in [0, 0.05) is 0 Å². The van der Waals surface area contributed by atoms with E-state index in [1.165, 1.54) is 18.9 Å². The number of benzene rings is 3. The van der Waals surface area contributed by atoms with E-state index in [1.807, 2.05) is 60.7 Å². The van der Waals surface area contributed by atoms with E-state index in [2.05, 4.69) is 4.99 Å². The van der Waals surface area contributed by atoms with Crippen LogP contribution in [0.15, 0.2) is 88.8 Å². The van der Waals surface area contributed by atoms with Crippen molar-refractivity contribution in [1.82, 2.24) is 0 Å². The minimum Gasteiger partial charge on any atom is -0.504 e. The first-order valence-corrected chi connectivity index (χ1v) is 9.77. The molecule has 1 amide bonds. The largest absolute Gasteiger partial charge is 0.504 e. The molecule has 1 saturated heterocycles. The number of anilines is 1. The van der Waals surface area contributed by atoms with E-state index in [0.29, 0.717) is 15.8 Å². The van der Waals surface area contributed by atoms with Crippen LogP contribution >= 0.6 is 11.8 Å². The average Bonchev–Trinajstić information content (AvgIpc) is 3.05. The molecule has 1 aliphatic heterocycles. The Hall–Kier alpha value is -3.51. The SMILES string of the molecule is COc1cc(C=C2SC(=Nc3ccccc3)N(c3ccccc3)C2=O)ccc1O. The van der Waals surface area contributed by atoms with Gasteiger partial charge in [-0.05, 0) is 59.8 Å². The summed E-state index contributed by atoms with van der Waals surface area (Å²) in [6, 6.07) is 24.0. The second-order valence-corrected chi connectivity index (χ2v) is 7.26. The number of nitrogens with zero attached hydrogens (tertiary/aromatic N) is 2. The summed E-state index contributed by atoms with van der Waals surface area (Å²) in [4.78, 5) is 20.0. The lowest BCUT2D eigenvalue weighted by molar-refractivity contribution is -0.113. The third-order valence-corrected chi connectivity index (χ3v) is 5.27. The highest BCUT2D eigenvalue weighted by Gasteiger charge is 2.34. The molecule has 3 aromatic rings. The molecule has 1 N–H and O–H groups in total. The van der Waals surface area contributed by atoms with E-state index >= 15 is 0 Å². The normalized spacial score (nSPS) is 16.6. The van der Waals surface area contributed by atoms with Crippen molar-refractivity contribution < 1.29 is 14.6 Å². The molecule has 3 aromatic carbocycles. The van der Waals surface area contributed by atoms with Crippen LogP contribution in [-0.2, 0) is 4.79 Å². The first-order chi connectivity index (χ1) is 14.2. The molecule has 1 fully saturated rings. The van der Waals surface area contributed by atoms with Crippen molar-refractivity contribution in [3.63, 3.8) is 0 Å². The summed E-state index contributed by atoms with van der Waals surface area (Å²) in [6.07, 6.45) is 1.78. The Bertz CT molecular complexity index is 1100. The molecule has 0 unspecified atom stereocenters. The zero-order chi connectivity index (χ0) is 20.2. The van der Waals surface area contributed by atoms with Gasteiger partial charge in [-0.15, -0.1) is 0 Å². The molecule has 1 heterocycles. The summed E-state index contributed by atoms with van der Waals surface area (Å²) >= 11 is 1.31. The van der Waals surface area contributed by atoms with Gasteiger partial charge in [0.1, 0.15) is 0 Å². The number of ether oxygens (including phenoxy) is 1. The summed E-state index contributed by atoms with van der Waals surface area (Å²) in [6.45, 7) is 0. The maximum Gasteiger partial charge on any atom is 0.271 e. The van der Waals surface area contributed by atoms with Gasteiger partial charge in [-0.2, -0.15) is 0 Å².